The number of aliphatic carboxylic acids is 1. The fourth-order valence-electron chi connectivity index (χ4n) is 6.38. The highest BCUT2D eigenvalue weighted by Gasteiger charge is 2.37. The normalized spacial score (nSPS) is 17.1. The van der Waals surface area contributed by atoms with E-state index >= 15 is 0 Å². The van der Waals surface area contributed by atoms with Gasteiger partial charge in [-0.25, -0.2) is 0 Å². The highest BCUT2D eigenvalue weighted by molar-refractivity contribution is 5.67. The van der Waals surface area contributed by atoms with E-state index in [4.69, 9.17) is 0 Å². The second-order valence-electron chi connectivity index (χ2n) is 11.4. The number of hydrogen-bond acceptors (Lipinski definition) is 1. The van der Waals surface area contributed by atoms with Gasteiger partial charge < -0.3 is 5.11 Å². The summed E-state index contributed by atoms with van der Waals surface area (Å²) >= 11 is 0. The van der Waals surface area contributed by atoms with Crippen molar-refractivity contribution in [1.29, 1.82) is 0 Å². The highest BCUT2D eigenvalue weighted by Crippen LogP contribution is 2.47. The zero-order valence-corrected chi connectivity index (χ0v) is 23.0. The van der Waals surface area contributed by atoms with Crippen molar-refractivity contribution in [3.8, 4) is 0 Å². The minimum absolute atomic E-state index is 0.197. The molecule has 2 nitrogen and oxygen atoms in total. The van der Waals surface area contributed by atoms with Crippen molar-refractivity contribution in [2.45, 2.75) is 141 Å². The fraction of sp³-hybridized carbons (Fsp3) is 0.727. The number of hydrogen-bond donors (Lipinski definition) is 1. The standard InChI is InChI=1S/C33H54O2/c1-3-5-7-8-9-10-13-20-29(19-12-6-4-2)21-18-22-30(27-32(34)35)28-33(25-16-17-26-33)31-23-14-11-15-24-31/h10-11,13-15,23-24,29-30H,3-9,12,16-22,25-28H2,1-2H3,(H,34,35). The van der Waals surface area contributed by atoms with Gasteiger partial charge in [-0.05, 0) is 67.8 Å². The molecule has 2 heteroatoms. The lowest BCUT2D eigenvalue weighted by Crippen LogP contribution is -2.27. The number of carboxylic acids is 1. The average Bonchev–Trinajstić information content (AvgIpc) is 3.33. The maximum atomic E-state index is 11.8. The van der Waals surface area contributed by atoms with Gasteiger partial charge in [0.15, 0.2) is 0 Å². The van der Waals surface area contributed by atoms with Gasteiger partial charge in [0.2, 0.25) is 0 Å². The molecule has 0 heterocycles. The summed E-state index contributed by atoms with van der Waals surface area (Å²) in [5, 5.41) is 9.68. The molecule has 1 fully saturated rings. The van der Waals surface area contributed by atoms with Crippen LogP contribution in [0, 0.1) is 11.8 Å². The van der Waals surface area contributed by atoms with Crippen molar-refractivity contribution in [1.82, 2.24) is 0 Å². The van der Waals surface area contributed by atoms with Crippen molar-refractivity contribution in [3.63, 3.8) is 0 Å². The zero-order chi connectivity index (χ0) is 25.2. The van der Waals surface area contributed by atoms with Gasteiger partial charge in [-0.1, -0.05) is 127 Å². The molecule has 1 aliphatic carbocycles. The second-order valence-corrected chi connectivity index (χ2v) is 11.4. The Morgan fingerprint density at radius 2 is 1.51 bits per heavy atom. The third kappa shape index (κ3) is 11.8. The van der Waals surface area contributed by atoms with E-state index in [1.165, 1.54) is 108 Å². The van der Waals surface area contributed by atoms with Crippen LogP contribution in [0.15, 0.2) is 42.5 Å². The first-order chi connectivity index (χ1) is 17.1. The molecule has 2 atom stereocenters. The summed E-state index contributed by atoms with van der Waals surface area (Å²) in [6, 6.07) is 11.0. The minimum atomic E-state index is -0.623. The molecule has 2 unspecified atom stereocenters. The molecule has 1 N–H and O–H groups in total. The smallest absolute Gasteiger partial charge is 0.303 e. The summed E-state index contributed by atoms with van der Waals surface area (Å²) in [7, 11) is 0. The van der Waals surface area contributed by atoms with Gasteiger partial charge in [0, 0.05) is 6.42 Å². The Morgan fingerprint density at radius 3 is 2.20 bits per heavy atom. The monoisotopic (exact) mass is 482 g/mol. The van der Waals surface area contributed by atoms with E-state index in [1.54, 1.807) is 0 Å². The Bertz CT molecular complexity index is 686. The molecule has 0 aliphatic heterocycles. The number of rotatable bonds is 20. The quantitative estimate of drug-likeness (QED) is 0.148. The number of carbonyl (C=O) groups is 1. The van der Waals surface area contributed by atoms with Crippen LogP contribution in [0.2, 0.25) is 0 Å². The van der Waals surface area contributed by atoms with Crippen molar-refractivity contribution >= 4 is 5.97 Å². The molecule has 2 rings (SSSR count). The Labute approximate surface area is 217 Å². The lowest BCUT2D eigenvalue weighted by Gasteiger charge is -2.34. The Morgan fingerprint density at radius 1 is 0.857 bits per heavy atom. The van der Waals surface area contributed by atoms with E-state index in [0.29, 0.717) is 6.42 Å². The molecule has 1 aromatic rings. The summed E-state index contributed by atoms with van der Waals surface area (Å²) < 4.78 is 0. The predicted molar refractivity (Wildman–Crippen MR) is 151 cm³/mol. The fourth-order valence-corrected chi connectivity index (χ4v) is 6.38. The summed E-state index contributed by atoms with van der Waals surface area (Å²) in [4.78, 5) is 11.8. The number of benzene rings is 1. The van der Waals surface area contributed by atoms with E-state index in [2.05, 4.69) is 56.3 Å². The zero-order valence-electron chi connectivity index (χ0n) is 23.0. The summed E-state index contributed by atoms with van der Waals surface area (Å²) in [5.41, 5.74) is 1.64. The molecule has 0 saturated heterocycles. The van der Waals surface area contributed by atoms with E-state index < -0.39 is 5.97 Å². The highest BCUT2D eigenvalue weighted by atomic mass is 16.4. The van der Waals surface area contributed by atoms with Crippen molar-refractivity contribution in [2.24, 2.45) is 11.8 Å². The van der Waals surface area contributed by atoms with Gasteiger partial charge in [-0.15, -0.1) is 0 Å². The van der Waals surface area contributed by atoms with Gasteiger partial charge in [0.1, 0.15) is 0 Å². The summed E-state index contributed by atoms with van der Waals surface area (Å²) in [6.45, 7) is 4.56. The molecular weight excluding hydrogens is 428 g/mol. The van der Waals surface area contributed by atoms with E-state index in [-0.39, 0.29) is 11.3 Å². The Hall–Kier alpha value is -1.57. The maximum Gasteiger partial charge on any atom is 0.303 e. The molecule has 0 bridgehead atoms. The van der Waals surface area contributed by atoms with Crippen LogP contribution in [0.25, 0.3) is 0 Å². The molecule has 1 saturated carbocycles. The first-order valence-corrected chi connectivity index (χ1v) is 15.0. The van der Waals surface area contributed by atoms with Gasteiger partial charge in [0.05, 0.1) is 0 Å². The number of unbranched alkanes of at least 4 members (excludes halogenated alkanes) is 6. The lowest BCUT2D eigenvalue weighted by molar-refractivity contribution is -0.138. The molecule has 35 heavy (non-hydrogen) atoms. The van der Waals surface area contributed by atoms with Gasteiger partial charge in [-0.3, -0.25) is 4.79 Å². The summed E-state index contributed by atoms with van der Waals surface area (Å²) in [5.74, 6) is 0.423. The lowest BCUT2D eigenvalue weighted by atomic mass is 9.71. The topological polar surface area (TPSA) is 37.3 Å². The number of allylic oxidation sites excluding steroid dienone is 2. The molecule has 0 aromatic heterocycles. The van der Waals surface area contributed by atoms with Crippen molar-refractivity contribution in [3.05, 3.63) is 48.0 Å². The first kappa shape index (κ1) is 29.7. The molecular formula is C33H54O2. The molecule has 0 spiro atoms. The summed E-state index contributed by atoms with van der Waals surface area (Å²) in [6.07, 6.45) is 27.7. The van der Waals surface area contributed by atoms with Crippen LogP contribution in [-0.2, 0) is 10.2 Å². The Kier molecular flexibility index (Phi) is 15.1. The van der Waals surface area contributed by atoms with Crippen molar-refractivity contribution < 1.29 is 9.90 Å². The van der Waals surface area contributed by atoms with Crippen molar-refractivity contribution in [2.75, 3.05) is 0 Å². The van der Waals surface area contributed by atoms with E-state index in [1.807, 2.05) is 0 Å². The third-order valence-electron chi connectivity index (χ3n) is 8.39. The molecule has 0 radical (unpaired) electrons. The average molecular weight is 483 g/mol. The maximum absolute atomic E-state index is 11.8. The number of carboxylic acid groups (broad SMARTS) is 1. The molecule has 1 aliphatic rings. The van der Waals surface area contributed by atoms with Crippen LogP contribution in [-0.4, -0.2) is 11.1 Å². The van der Waals surface area contributed by atoms with E-state index in [0.717, 1.165) is 18.8 Å². The van der Waals surface area contributed by atoms with Crippen LogP contribution in [0.4, 0.5) is 0 Å². The third-order valence-corrected chi connectivity index (χ3v) is 8.39. The van der Waals surface area contributed by atoms with Crippen LogP contribution < -0.4 is 0 Å². The van der Waals surface area contributed by atoms with Gasteiger partial charge >= 0.3 is 5.97 Å². The molecule has 1 aromatic carbocycles. The van der Waals surface area contributed by atoms with E-state index in [9.17, 15) is 9.90 Å². The largest absolute Gasteiger partial charge is 0.481 e. The predicted octanol–water partition coefficient (Wildman–Crippen LogP) is 10.3. The Balaban J connectivity index is 1.91. The first-order valence-electron chi connectivity index (χ1n) is 15.0. The van der Waals surface area contributed by atoms with Gasteiger partial charge in [0.25, 0.3) is 0 Å². The second kappa shape index (κ2) is 17.8. The minimum Gasteiger partial charge on any atom is -0.481 e. The van der Waals surface area contributed by atoms with Crippen LogP contribution in [0.5, 0.6) is 0 Å². The molecule has 0 amide bonds. The van der Waals surface area contributed by atoms with Gasteiger partial charge in [-0.2, -0.15) is 0 Å². The van der Waals surface area contributed by atoms with Crippen LogP contribution in [0.1, 0.15) is 141 Å². The molecule has 198 valence electrons. The SMILES string of the molecule is CCCCCCC=CCC(CCCCC)CCCC(CC(=O)O)CC1(c2ccccc2)CCCC1. The van der Waals surface area contributed by atoms with Crippen LogP contribution in [0.3, 0.4) is 0 Å². The van der Waals surface area contributed by atoms with Crippen LogP contribution >= 0.6 is 0 Å².